The van der Waals surface area contributed by atoms with Crippen molar-refractivity contribution < 1.29 is 0 Å². The molecule has 0 saturated carbocycles. The van der Waals surface area contributed by atoms with Crippen molar-refractivity contribution in [2.24, 2.45) is 0 Å². The first-order valence-electron chi connectivity index (χ1n) is 4.01. The van der Waals surface area contributed by atoms with Crippen molar-refractivity contribution in [2.45, 2.75) is 0 Å². The van der Waals surface area contributed by atoms with Gasteiger partial charge in [-0.2, -0.15) is 0 Å². The van der Waals surface area contributed by atoms with Gasteiger partial charge < -0.3 is 15.4 Å². The van der Waals surface area contributed by atoms with Crippen LogP contribution in [0.2, 0.25) is 0 Å². The average molecular weight is 159 g/mol. The van der Waals surface area contributed by atoms with Crippen molar-refractivity contribution in [3.8, 4) is 0 Å². The molecule has 1 fully saturated rings. The second-order valence-corrected chi connectivity index (χ2v) is 2.56. The van der Waals surface area contributed by atoms with E-state index in [-0.39, 0.29) is 6.98 Å². The summed E-state index contributed by atoms with van der Waals surface area (Å²) in [7, 11) is 1.66. The Balaban J connectivity index is 2.50. The molecule has 0 aromatic carbocycles. The summed E-state index contributed by atoms with van der Waals surface area (Å²) in [6.07, 6.45) is 3.58. The van der Waals surface area contributed by atoms with E-state index in [1.807, 2.05) is 0 Å². The Morgan fingerprint density at radius 2 is 1.75 bits per heavy atom. The van der Waals surface area contributed by atoms with E-state index < -0.39 is 0 Å². The molecular weight excluding hydrogens is 147 g/mol. The molecule has 3 N–H and O–H groups in total. The number of hydrogen-bond acceptors (Lipinski definition) is 3. The summed E-state index contributed by atoms with van der Waals surface area (Å²) in [5.74, 6) is 2.06. The molecule has 0 unspecified atom stereocenters. The van der Waals surface area contributed by atoms with Gasteiger partial charge in [-0.15, -0.1) is 0 Å². The van der Waals surface area contributed by atoms with E-state index >= 15 is 0 Å². The maximum absolute atomic E-state index is 3.69. The molecule has 3 nitrogen and oxygen atoms in total. The number of hydrogen-bond donors (Lipinski definition) is 3. The highest BCUT2D eigenvalue weighted by atomic mass is 15.0. The topological polar surface area (TPSA) is 36.1 Å². The molecule has 0 radical (unpaired) electrons. The highest BCUT2D eigenvalue weighted by Crippen LogP contribution is 1.96. The second-order valence-electron chi connectivity index (χ2n) is 2.56. The molecule has 0 bridgehead atoms. The molecule has 1 aliphatic heterocycles. The summed E-state index contributed by atoms with van der Waals surface area (Å²) in [4.78, 5) is 0. The lowest BCUT2D eigenvalue weighted by atomic mass is 9.64. The molecule has 0 atom stereocenters. The summed E-state index contributed by atoms with van der Waals surface area (Å²) >= 11 is 0. The Morgan fingerprint density at radius 1 is 1.17 bits per heavy atom. The zero-order chi connectivity index (χ0) is 8.81. The highest BCUT2D eigenvalue weighted by molar-refractivity contribution is 6.78. The van der Waals surface area contributed by atoms with Gasteiger partial charge in [0, 0.05) is 0 Å². The number of rotatable bonds is 3. The summed E-state index contributed by atoms with van der Waals surface area (Å²) < 4.78 is 0. The van der Waals surface area contributed by atoms with Gasteiger partial charge in [-0.3, -0.25) is 0 Å². The molecule has 0 aromatic heterocycles. The Hall–Kier alpha value is -0.705. The third kappa shape index (κ3) is 2.73. The van der Waals surface area contributed by atoms with Crippen molar-refractivity contribution in [3.63, 3.8) is 0 Å². The SMILES string of the molecule is C=CC(C=C)=CB1NBNBN1. The van der Waals surface area contributed by atoms with Crippen LogP contribution >= 0.6 is 0 Å². The predicted octanol–water partition coefficient (Wildman–Crippen LogP) is -1.37. The minimum atomic E-state index is 0.220. The fourth-order valence-electron chi connectivity index (χ4n) is 1.03. The van der Waals surface area contributed by atoms with Gasteiger partial charge in [0.2, 0.25) is 0 Å². The molecule has 60 valence electrons. The maximum atomic E-state index is 3.69. The van der Waals surface area contributed by atoms with Gasteiger partial charge in [0.25, 0.3) is 15.1 Å². The van der Waals surface area contributed by atoms with Gasteiger partial charge in [0.05, 0.1) is 0 Å². The van der Waals surface area contributed by atoms with Crippen LogP contribution in [0.1, 0.15) is 0 Å². The van der Waals surface area contributed by atoms with E-state index in [9.17, 15) is 0 Å². The van der Waals surface area contributed by atoms with Crippen LogP contribution in [-0.2, 0) is 0 Å². The predicted molar refractivity (Wildman–Crippen MR) is 57.9 cm³/mol. The molecule has 1 heterocycles. The van der Waals surface area contributed by atoms with Crippen LogP contribution in [0, 0.1) is 0 Å². The quantitative estimate of drug-likeness (QED) is 0.350. The Bertz CT molecular complexity index is 188. The zero-order valence-electron chi connectivity index (χ0n) is 7.14. The second kappa shape index (κ2) is 5.03. The normalized spacial score (nSPS) is 15.5. The van der Waals surface area contributed by atoms with Crippen LogP contribution in [0.15, 0.2) is 36.9 Å². The van der Waals surface area contributed by atoms with E-state index in [0.717, 1.165) is 20.7 Å². The van der Waals surface area contributed by atoms with Gasteiger partial charge in [-0.1, -0.05) is 31.3 Å². The van der Waals surface area contributed by atoms with Crippen LogP contribution in [0.25, 0.3) is 0 Å². The number of allylic oxidation sites excluding steroid dienone is 3. The molecular formula is C6H12B3N3. The summed E-state index contributed by atoms with van der Waals surface area (Å²) in [5, 5.41) is 9.57. The molecule has 1 aliphatic rings. The van der Waals surface area contributed by atoms with Crippen molar-refractivity contribution >= 4 is 22.1 Å². The first-order valence-corrected chi connectivity index (χ1v) is 4.01. The van der Waals surface area contributed by atoms with E-state index in [4.69, 9.17) is 0 Å². The molecule has 6 heteroatoms. The third-order valence-electron chi connectivity index (χ3n) is 1.72. The van der Waals surface area contributed by atoms with Gasteiger partial charge in [-0.05, 0) is 5.57 Å². The summed E-state index contributed by atoms with van der Waals surface area (Å²) in [5.41, 5.74) is 1.04. The summed E-state index contributed by atoms with van der Waals surface area (Å²) in [6, 6.07) is 0. The fourth-order valence-corrected chi connectivity index (χ4v) is 1.03. The van der Waals surface area contributed by atoms with Crippen LogP contribution < -0.4 is 15.4 Å². The van der Waals surface area contributed by atoms with E-state index in [2.05, 4.69) is 34.5 Å². The van der Waals surface area contributed by atoms with Crippen molar-refractivity contribution in [2.75, 3.05) is 0 Å². The van der Waals surface area contributed by atoms with Crippen molar-refractivity contribution in [1.29, 1.82) is 0 Å². The Labute approximate surface area is 75.1 Å². The van der Waals surface area contributed by atoms with Gasteiger partial charge >= 0.3 is 6.98 Å². The molecule has 0 aromatic rings. The molecule has 0 spiro atoms. The lowest BCUT2D eigenvalue weighted by molar-refractivity contribution is 1.25. The van der Waals surface area contributed by atoms with E-state index in [1.165, 1.54) is 0 Å². The first-order chi connectivity index (χ1) is 5.86. The minimum absolute atomic E-state index is 0.220. The average Bonchev–Trinajstić information content (AvgIpc) is 2.16. The van der Waals surface area contributed by atoms with Gasteiger partial charge in [0.1, 0.15) is 0 Å². The lowest BCUT2D eigenvalue weighted by Crippen LogP contribution is -2.62. The molecule has 1 rings (SSSR count). The molecule has 1 saturated heterocycles. The fraction of sp³-hybridized carbons (Fsp3) is 0. The van der Waals surface area contributed by atoms with Crippen LogP contribution in [-0.4, -0.2) is 22.1 Å². The van der Waals surface area contributed by atoms with Crippen molar-refractivity contribution in [1.82, 2.24) is 15.4 Å². The van der Waals surface area contributed by atoms with Crippen LogP contribution in [0.5, 0.6) is 0 Å². The molecule has 0 aliphatic carbocycles. The van der Waals surface area contributed by atoms with Crippen LogP contribution in [0.3, 0.4) is 0 Å². The third-order valence-corrected chi connectivity index (χ3v) is 1.72. The molecule has 0 amide bonds. The van der Waals surface area contributed by atoms with E-state index in [1.54, 1.807) is 12.2 Å². The lowest BCUT2D eigenvalue weighted by Gasteiger charge is -2.18. The largest absolute Gasteiger partial charge is 0.378 e. The van der Waals surface area contributed by atoms with Crippen LogP contribution in [0.4, 0.5) is 0 Å². The Kier molecular flexibility index (Phi) is 3.93. The molecule has 12 heavy (non-hydrogen) atoms. The maximum Gasteiger partial charge on any atom is 0.312 e. The monoisotopic (exact) mass is 159 g/mol. The minimum Gasteiger partial charge on any atom is -0.378 e. The van der Waals surface area contributed by atoms with Crippen molar-refractivity contribution in [3.05, 3.63) is 36.9 Å². The smallest absolute Gasteiger partial charge is 0.312 e. The highest BCUT2D eigenvalue weighted by Gasteiger charge is 2.14. The standard InChI is InChI=1S/C6H12B3N3/c1-3-6(4-2)5-9-11-7-10-8-12-9/h3-5,7-8,10-12H,1-2H2. The number of nitrogens with one attached hydrogen (secondary N) is 3. The van der Waals surface area contributed by atoms with Gasteiger partial charge in [-0.25, -0.2) is 0 Å². The zero-order valence-corrected chi connectivity index (χ0v) is 7.14. The first kappa shape index (κ1) is 9.38. The summed E-state index contributed by atoms with van der Waals surface area (Å²) in [6.45, 7) is 7.59. The Morgan fingerprint density at radius 3 is 2.25 bits per heavy atom. The van der Waals surface area contributed by atoms with E-state index in [0.29, 0.717) is 0 Å². The van der Waals surface area contributed by atoms with Gasteiger partial charge in [0.15, 0.2) is 0 Å².